The summed E-state index contributed by atoms with van der Waals surface area (Å²) in [5, 5.41) is 9.06. The number of nitrogens with one attached hydrogen (secondary N) is 2. The fourth-order valence-corrected chi connectivity index (χ4v) is 7.30. The average molecular weight is 643 g/mol. The molecule has 10 nitrogen and oxygen atoms in total. The third-order valence-electron chi connectivity index (χ3n) is 8.22. The molecule has 0 spiro atoms. The molecule has 0 aromatic carbocycles. The smallest absolute Gasteiger partial charge is 0.349 e. The van der Waals surface area contributed by atoms with Crippen molar-refractivity contribution in [1.29, 1.82) is 0 Å². The second kappa shape index (κ2) is 17.0. The number of fused-ring (bicyclic) bond motifs is 6. The van der Waals surface area contributed by atoms with Gasteiger partial charge in [-0.1, -0.05) is 12.8 Å². The lowest BCUT2D eigenvalue weighted by Gasteiger charge is -2.13. The Morgan fingerprint density at radius 1 is 0.659 bits per heavy atom. The summed E-state index contributed by atoms with van der Waals surface area (Å²) in [6.45, 7) is 8.97. The van der Waals surface area contributed by atoms with Gasteiger partial charge < -0.3 is 10.6 Å². The third kappa shape index (κ3) is 9.57. The molecule has 0 saturated heterocycles. The predicted molar refractivity (Wildman–Crippen MR) is 180 cm³/mol. The summed E-state index contributed by atoms with van der Waals surface area (Å²) in [5.74, 6) is 3.77. The van der Waals surface area contributed by atoms with E-state index in [9.17, 15) is 9.59 Å². The first-order valence-corrected chi connectivity index (χ1v) is 18.0. The zero-order chi connectivity index (χ0) is 31.5. The monoisotopic (exact) mass is 642 g/mol. The van der Waals surface area contributed by atoms with Gasteiger partial charge in [-0.25, -0.2) is 13.9 Å². The van der Waals surface area contributed by atoms with Crippen LogP contribution in [0.15, 0.2) is 38.1 Å². The Morgan fingerprint density at radius 2 is 1.14 bits per heavy atom. The van der Waals surface area contributed by atoms with Gasteiger partial charge in [0.2, 0.25) is 11.6 Å². The Kier molecular flexibility index (Phi) is 13.1. The van der Waals surface area contributed by atoms with Gasteiger partial charge in [0.25, 0.3) is 5.56 Å². The van der Waals surface area contributed by atoms with E-state index in [1.54, 1.807) is 34.2 Å². The SMILES string of the molecule is Cc1cc(=O)n2c(=O)n1CCCCCSc1nc(cc(C)[n+]1C)NCCCCCNc1cc(C)[n+](C)c(n1)SCCCCC2. The molecule has 4 rings (SSSR count). The van der Waals surface area contributed by atoms with Crippen LogP contribution in [-0.4, -0.2) is 43.7 Å². The highest BCUT2D eigenvalue weighted by Gasteiger charge is 2.18. The van der Waals surface area contributed by atoms with Crippen LogP contribution in [0.1, 0.15) is 74.9 Å². The molecular formula is C32H50N8O2S2+2. The van der Waals surface area contributed by atoms with Gasteiger partial charge in [0.05, 0.1) is 14.1 Å². The minimum atomic E-state index is -0.197. The summed E-state index contributed by atoms with van der Waals surface area (Å²) in [6, 6.07) is 5.83. The first kappa shape index (κ1) is 34.0. The van der Waals surface area contributed by atoms with Crippen molar-refractivity contribution in [2.75, 3.05) is 35.2 Å². The molecule has 0 atom stereocenters. The fraction of sp³-hybridized carbons (Fsp3) is 0.625. The molecule has 1 aliphatic rings. The Morgan fingerprint density at radius 3 is 1.66 bits per heavy atom. The molecule has 2 N–H and O–H groups in total. The van der Waals surface area contributed by atoms with E-state index >= 15 is 0 Å². The summed E-state index contributed by atoms with van der Waals surface area (Å²) >= 11 is 3.54. The second-order valence-corrected chi connectivity index (χ2v) is 13.8. The highest BCUT2D eigenvalue weighted by atomic mass is 32.2. The molecule has 0 amide bonds. The standard InChI is InChI=1S/C32H48N8O2S2/c1-24-21-27-33-15-9-6-10-16-34-28-22-25(2)38(5)31(36-28)44-20-14-8-12-18-40-29(41)23-26(3)39(32(40)42)17-11-7-13-19-43-30(35-27)37(24)4/h21-23H,6-20H2,1-5H3/p+2. The molecular weight excluding hydrogens is 593 g/mol. The van der Waals surface area contributed by atoms with E-state index in [1.165, 1.54) is 16.0 Å². The van der Waals surface area contributed by atoms with E-state index in [0.717, 1.165) is 110 Å². The van der Waals surface area contributed by atoms with E-state index in [0.29, 0.717) is 13.1 Å². The lowest BCUT2D eigenvalue weighted by molar-refractivity contribution is -0.718. The molecule has 0 unspecified atom stereocenters. The third-order valence-corrected chi connectivity index (χ3v) is 10.5. The van der Waals surface area contributed by atoms with Crippen LogP contribution in [0.5, 0.6) is 0 Å². The molecule has 240 valence electrons. The minimum absolute atomic E-state index is 0.182. The van der Waals surface area contributed by atoms with Crippen LogP contribution in [0.2, 0.25) is 0 Å². The fourth-order valence-electron chi connectivity index (χ4n) is 5.24. The predicted octanol–water partition coefficient (Wildman–Crippen LogP) is 4.31. The number of thioether (sulfide) groups is 2. The Balaban J connectivity index is 1.44. The maximum atomic E-state index is 13.2. The summed E-state index contributed by atoms with van der Waals surface area (Å²) < 4.78 is 7.47. The topological polar surface area (TPSA) is 102 Å². The zero-order valence-electron chi connectivity index (χ0n) is 27.2. The zero-order valence-corrected chi connectivity index (χ0v) is 28.8. The van der Waals surface area contributed by atoms with Gasteiger partial charge in [0.1, 0.15) is 11.4 Å². The Bertz CT molecular complexity index is 1520. The van der Waals surface area contributed by atoms with Crippen molar-refractivity contribution in [2.45, 2.75) is 102 Å². The first-order valence-electron chi connectivity index (χ1n) is 16.0. The van der Waals surface area contributed by atoms with Gasteiger partial charge in [0, 0.05) is 61.6 Å². The lowest BCUT2D eigenvalue weighted by Crippen LogP contribution is -2.40. The number of aromatic nitrogens is 6. The number of hydrogen-bond acceptors (Lipinski definition) is 8. The van der Waals surface area contributed by atoms with E-state index in [-0.39, 0.29) is 11.2 Å². The minimum Gasteiger partial charge on any atom is -0.349 e. The number of nitrogens with zero attached hydrogens (tertiary/aromatic N) is 6. The molecule has 3 aromatic heterocycles. The van der Waals surface area contributed by atoms with Crippen LogP contribution < -0.4 is 31.0 Å². The maximum absolute atomic E-state index is 13.2. The highest BCUT2D eigenvalue weighted by molar-refractivity contribution is 7.99. The number of hydrogen-bond donors (Lipinski definition) is 2. The quantitative estimate of drug-likeness (QED) is 0.277. The van der Waals surface area contributed by atoms with Gasteiger partial charge in [-0.3, -0.25) is 13.9 Å². The number of rotatable bonds is 0. The van der Waals surface area contributed by atoms with E-state index in [4.69, 9.17) is 9.97 Å². The van der Waals surface area contributed by atoms with Gasteiger partial charge in [-0.2, -0.15) is 0 Å². The van der Waals surface area contributed by atoms with Gasteiger partial charge in [0.15, 0.2) is 0 Å². The molecule has 0 aliphatic carbocycles. The van der Waals surface area contributed by atoms with Crippen molar-refractivity contribution < 1.29 is 9.13 Å². The molecule has 0 radical (unpaired) electrons. The molecule has 0 fully saturated rings. The van der Waals surface area contributed by atoms with Crippen LogP contribution >= 0.6 is 23.5 Å². The van der Waals surface area contributed by atoms with Gasteiger partial charge in [-0.15, -0.1) is 0 Å². The lowest BCUT2D eigenvalue weighted by atomic mass is 10.2. The highest BCUT2D eigenvalue weighted by Crippen LogP contribution is 2.19. The summed E-state index contributed by atoms with van der Waals surface area (Å²) in [7, 11) is 4.13. The van der Waals surface area contributed by atoms with E-state index in [1.807, 2.05) is 6.92 Å². The number of aryl methyl sites for hydroxylation is 3. The molecule has 1 aliphatic heterocycles. The van der Waals surface area contributed by atoms with Gasteiger partial charge in [-0.05, 0) is 99.2 Å². The number of anilines is 2. The summed E-state index contributed by atoms with van der Waals surface area (Å²) in [4.78, 5) is 35.7. The van der Waals surface area contributed by atoms with Crippen LogP contribution in [0.25, 0.3) is 0 Å². The second-order valence-electron chi connectivity index (χ2n) is 11.7. The van der Waals surface area contributed by atoms with Crippen LogP contribution in [-0.2, 0) is 27.2 Å². The van der Waals surface area contributed by atoms with Crippen LogP contribution in [0.3, 0.4) is 0 Å². The summed E-state index contributed by atoms with van der Waals surface area (Å²) in [5.41, 5.74) is 2.71. The van der Waals surface area contributed by atoms with Crippen molar-refractivity contribution in [3.05, 3.63) is 56.1 Å². The van der Waals surface area contributed by atoms with Crippen molar-refractivity contribution in [1.82, 2.24) is 19.1 Å². The molecule has 44 heavy (non-hydrogen) atoms. The molecule has 3 aromatic rings. The Labute approximate surface area is 270 Å². The van der Waals surface area contributed by atoms with E-state index < -0.39 is 0 Å². The molecule has 6 bridgehead atoms. The first-order chi connectivity index (χ1) is 21.2. The normalized spacial score (nSPS) is 16.7. The van der Waals surface area contributed by atoms with Crippen molar-refractivity contribution in [3.63, 3.8) is 0 Å². The van der Waals surface area contributed by atoms with Crippen LogP contribution in [0, 0.1) is 20.8 Å². The van der Waals surface area contributed by atoms with E-state index in [2.05, 4.69) is 59.8 Å². The van der Waals surface area contributed by atoms with Crippen molar-refractivity contribution >= 4 is 35.2 Å². The summed E-state index contributed by atoms with van der Waals surface area (Å²) in [6.07, 6.45) is 9.01. The average Bonchev–Trinajstić information content (AvgIpc) is 2.98. The molecule has 12 heteroatoms. The largest absolute Gasteiger partial charge is 0.361 e. The maximum Gasteiger partial charge on any atom is 0.361 e. The molecule has 4 heterocycles. The van der Waals surface area contributed by atoms with Crippen LogP contribution in [0.4, 0.5) is 11.6 Å². The van der Waals surface area contributed by atoms with Crippen molar-refractivity contribution in [2.24, 2.45) is 14.1 Å². The van der Waals surface area contributed by atoms with Crippen molar-refractivity contribution in [3.8, 4) is 0 Å². The Hall–Kier alpha value is -2.86. The van der Waals surface area contributed by atoms with Gasteiger partial charge >= 0.3 is 16.0 Å². The molecule has 0 saturated carbocycles.